The van der Waals surface area contributed by atoms with Crippen LogP contribution in [0.15, 0.2) is 42.5 Å². The Hall–Kier alpha value is -2.25. The summed E-state index contributed by atoms with van der Waals surface area (Å²) in [5.41, 5.74) is 1.95. The molecular formula is C19H18N2O3S2. The first-order valence-electron chi connectivity index (χ1n) is 8.30. The van der Waals surface area contributed by atoms with Crippen LogP contribution in [0.3, 0.4) is 0 Å². The molecule has 0 radical (unpaired) electrons. The molecule has 134 valence electrons. The van der Waals surface area contributed by atoms with Crippen LogP contribution in [0, 0.1) is 0 Å². The predicted octanol–water partition coefficient (Wildman–Crippen LogP) is 4.48. The first-order valence-corrected chi connectivity index (χ1v) is 10.2. The molecule has 1 aliphatic heterocycles. The summed E-state index contributed by atoms with van der Waals surface area (Å²) < 4.78 is 11.8. The van der Waals surface area contributed by atoms with Crippen LogP contribution in [0.1, 0.15) is 17.9 Å². The van der Waals surface area contributed by atoms with Crippen molar-refractivity contribution in [3.05, 3.63) is 48.0 Å². The maximum atomic E-state index is 12.6. The highest BCUT2D eigenvalue weighted by molar-refractivity contribution is 8.00. The largest absolute Gasteiger partial charge is 0.497 e. The van der Waals surface area contributed by atoms with Crippen molar-refractivity contribution < 1.29 is 14.3 Å². The van der Waals surface area contributed by atoms with Crippen molar-refractivity contribution in [2.24, 2.45) is 0 Å². The number of benzene rings is 2. The standard InChI is InChI=1S/C19H18N2O3S2/c1-3-24-13-6-4-12(5-7-13)18-21(17(22)11-25-18)19-20-15-9-8-14(23-2)10-16(15)26-19/h4-10,18H,3,11H2,1-2H3/t18-/m1/s1. The number of anilines is 1. The molecule has 0 spiro atoms. The smallest absolute Gasteiger partial charge is 0.240 e. The number of thioether (sulfide) groups is 1. The van der Waals surface area contributed by atoms with E-state index in [1.54, 1.807) is 23.8 Å². The van der Waals surface area contributed by atoms with Gasteiger partial charge in [0, 0.05) is 0 Å². The molecule has 0 unspecified atom stereocenters. The molecule has 5 nitrogen and oxygen atoms in total. The topological polar surface area (TPSA) is 51.7 Å². The number of carbonyl (C=O) groups is 1. The number of rotatable bonds is 5. The van der Waals surface area contributed by atoms with Gasteiger partial charge in [-0.25, -0.2) is 4.98 Å². The minimum Gasteiger partial charge on any atom is -0.497 e. The lowest BCUT2D eigenvalue weighted by Gasteiger charge is -2.21. The Morgan fingerprint density at radius 3 is 2.69 bits per heavy atom. The van der Waals surface area contributed by atoms with Crippen LogP contribution in [-0.4, -0.2) is 30.4 Å². The zero-order valence-electron chi connectivity index (χ0n) is 14.5. The first kappa shape index (κ1) is 17.2. The zero-order chi connectivity index (χ0) is 18.1. The van der Waals surface area contributed by atoms with Crippen LogP contribution in [0.25, 0.3) is 10.2 Å². The maximum Gasteiger partial charge on any atom is 0.240 e. The number of ether oxygens (including phenoxy) is 2. The normalized spacial score (nSPS) is 17.1. The molecule has 1 aromatic heterocycles. The Balaban J connectivity index is 1.68. The van der Waals surface area contributed by atoms with Gasteiger partial charge in [-0.2, -0.15) is 0 Å². The van der Waals surface area contributed by atoms with E-state index in [2.05, 4.69) is 4.98 Å². The second-order valence-corrected chi connectivity index (χ2v) is 7.84. The second-order valence-electron chi connectivity index (χ2n) is 5.76. The van der Waals surface area contributed by atoms with Crippen LogP contribution < -0.4 is 14.4 Å². The zero-order valence-corrected chi connectivity index (χ0v) is 16.1. The highest BCUT2D eigenvalue weighted by Gasteiger charge is 2.36. The van der Waals surface area contributed by atoms with Gasteiger partial charge >= 0.3 is 0 Å². The van der Waals surface area contributed by atoms with E-state index < -0.39 is 0 Å². The van der Waals surface area contributed by atoms with E-state index in [9.17, 15) is 4.79 Å². The Bertz CT molecular complexity index is 940. The molecule has 2 heterocycles. The van der Waals surface area contributed by atoms with Gasteiger partial charge in [0.05, 0.1) is 29.7 Å². The van der Waals surface area contributed by atoms with Gasteiger partial charge in [0.2, 0.25) is 5.91 Å². The summed E-state index contributed by atoms with van der Waals surface area (Å²) in [6.07, 6.45) is 0. The van der Waals surface area contributed by atoms with Crippen LogP contribution in [0.4, 0.5) is 5.13 Å². The lowest BCUT2D eigenvalue weighted by Crippen LogP contribution is -2.27. The molecule has 1 aliphatic rings. The SMILES string of the molecule is CCOc1ccc([C@H]2SCC(=O)N2c2nc3ccc(OC)cc3s2)cc1. The fourth-order valence-corrected chi connectivity index (χ4v) is 5.16. The number of carbonyl (C=O) groups excluding carboxylic acids is 1. The Kier molecular flexibility index (Phi) is 4.74. The van der Waals surface area contributed by atoms with Gasteiger partial charge < -0.3 is 9.47 Å². The predicted molar refractivity (Wildman–Crippen MR) is 106 cm³/mol. The van der Waals surface area contributed by atoms with E-state index in [-0.39, 0.29) is 11.3 Å². The van der Waals surface area contributed by atoms with Crippen molar-refractivity contribution in [2.75, 3.05) is 24.4 Å². The van der Waals surface area contributed by atoms with Crippen LogP contribution in [0.5, 0.6) is 11.5 Å². The van der Waals surface area contributed by atoms with Crippen LogP contribution >= 0.6 is 23.1 Å². The fourth-order valence-electron chi connectivity index (χ4n) is 2.90. The number of methoxy groups -OCH3 is 1. The first-order chi connectivity index (χ1) is 12.7. The summed E-state index contributed by atoms with van der Waals surface area (Å²) in [6, 6.07) is 13.7. The summed E-state index contributed by atoms with van der Waals surface area (Å²) in [7, 11) is 1.64. The number of nitrogens with zero attached hydrogens (tertiary/aromatic N) is 2. The number of hydrogen-bond donors (Lipinski definition) is 0. The van der Waals surface area contributed by atoms with Gasteiger partial charge in [-0.15, -0.1) is 11.8 Å². The summed E-state index contributed by atoms with van der Waals surface area (Å²) in [4.78, 5) is 19.0. The molecule has 7 heteroatoms. The number of amides is 1. The van der Waals surface area contributed by atoms with Crippen LogP contribution in [-0.2, 0) is 4.79 Å². The van der Waals surface area contributed by atoms with E-state index in [4.69, 9.17) is 9.47 Å². The monoisotopic (exact) mass is 386 g/mol. The van der Waals surface area contributed by atoms with Crippen molar-refractivity contribution >= 4 is 44.4 Å². The molecule has 1 saturated heterocycles. The van der Waals surface area contributed by atoms with Crippen molar-refractivity contribution in [1.29, 1.82) is 0 Å². The quantitative estimate of drug-likeness (QED) is 0.647. The highest BCUT2D eigenvalue weighted by atomic mass is 32.2. The Labute approximate surface area is 159 Å². The van der Waals surface area contributed by atoms with Crippen molar-refractivity contribution in [3.63, 3.8) is 0 Å². The minimum absolute atomic E-state index is 0.0689. The average Bonchev–Trinajstić information content (AvgIpc) is 3.24. The van der Waals surface area contributed by atoms with Crippen molar-refractivity contribution in [3.8, 4) is 11.5 Å². The molecule has 1 atom stereocenters. The molecule has 0 aliphatic carbocycles. The molecule has 26 heavy (non-hydrogen) atoms. The molecule has 1 amide bonds. The highest BCUT2D eigenvalue weighted by Crippen LogP contribution is 2.44. The molecule has 3 aromatic rings. The maximum absolute atomic E-state index is 12.6. The minimum atomic E-state index is -0.0689. The molecular weight excluding hydrogens is 368 g/mol. The van der Waals surface area contributed by atoms with E-state index in [0.29, 0.717) is 12.4 Å². The second kappa shape index (κ2) is 7.17. The summed E-state index contributed by atoms with van der Waals surface area (Å²) in [5, 5.41) is 0.655. The summed E-state index contributed by atoms with van der Waals surface area (Å²) in [6.45, 7) is 2.60. The van der Waals surface area contributed by atoms with Crippen molar-refractivity contribution in [2.45, 2.75) is 12.3 Å². The molecule has 1 fully saturated rings. The van der Waals surface area contributed by atoms with E-state index in [1.165, 1.54) is 11.3 Å². The lowest BCUT2D eigenvalue weighted by molar-refractivity contribution is -0.115. The Morgan fingerprint density at radius 1 is 1.19 bits per heavy atom. The van der Waals surface area contributed by atoms with E-state index >= 15 is 0 Å². The van der Waals surface area contributed by atoms with Gasteiger partial charge in [0.1, 0.15) is 16.9 Å². The molecule has 0 N–H and O–H groups in total. The number of hydrogen-bond acceptors (Lipinski definition) is 6. The third kappa shape index (κ3) is 3.12. The number of fused-ring (bicyclic) bond motifs is 1. The average molecular weight is 386 g/mol. The Morgan fingerprint density at radius 2 is 1.96 bits per heavy atom. The molecule has 0 bridgehead atoms. The summed E-state index contributed by atoms with van der Waals surface area (Å²) >= 11 is 3.13. The number of aromatic nitrogens is 1. The van der Waals surface area contributed by atoms with E-state index in [1.807, 2.05) is 49.4 Å². The van der Waals surface area contributed by atoms with Gasteiger partial charge in [0.25, 0.3) is 0 Å². The summed E-state index contributed by atoms with van der Waals surface area (Å²) in [5.74, 6) is 2.17. The van der Waals surface area contributed by atoms with Crippen LogP contribution in [0.2, 0.25) is 0 Å². The van der Waals surface area contributed by atoms with E-state index in [0.717, 1.165) is 32.4 Å². The van der Waals surface area contributed by atoms with Gasteiger partial charge in [-0.05, 0) is 42.8 Å². The van der Waals surface area contributed by atoms with Gasteiger partial charge in [0.15, 0.2) is 5.13 Å². The fraction of sp³-hybridized carbons (Fsp3) is 0.263. The molecule has 2 aromatic carbocycles. The lowest BCUT2D eigenvalue weighted by atomic mass is 10.2. The third-order valence-corrected chi connectivity index (χ3v) is 6.36. The number of thiazole rings is 1. The van der Waals surface area contributed by atoms with Crippen molar-refractivity contribution in [1.82, 2.24) is 4.98 Å². The van der Waals surface area contributed by atoms with Gasteiger partial charge in [-0.3, -0.25) is 9.69 Å². The third-order valence-electron chi connectivity index (χ3n) is 4.13. The van der Waals surface area contributed by atoms with Gasteiger partial charge in [-0.1, -0.05) is 23.5 Å². The molecule has 4 rings (SSSR count). The molecule has 0 saturated carbocycles.